The molecule has 0 atom stereocenters. The summed E-state index contributed by atoms with van der Waals surface area (Å²) in [5, 5.41) is 3.48. The highest BCUT2D eigenvalue weighted by molar-refractivity contribution is 5.78. The number of nitrogens with zero attached hydrogens (tertiary/aromatic N) is 1. The maximum Gasteiger partial charge on any atom is 0.126 e. The minimum atomic E-state index is -0.627. The van der Waals surface area contributed by atoms with Gasteiger partial charge in [0.25, 0.3) is 0 Å². The first-order valence-corrected chi connectivity index (χ1v) is 3.84. The fourth-order valence-electron chi connectivity index (χ4n) is 0.822. The molecule has 0 amide bonds. The highest BCUT2D eigenvalue weighted by Gasteiger charge is 1.97. The monoisotopic (exact) mass is 185 g/mol. The van der Waals surface area contributed by atoms with Crippen molar-refractivity contribution in [1.82, 2.24) is 0 Å². The molecule has 1 aromatic carbocycles. The highest BCUT2D eigenvalue weighted by Crippen LogP contribution is 2.05. The lowest BCUT2D eigenvalue weighted by Gasteiger charge is -1.94. The lowest BCUT2D eigenvalue weighted by atomic mass is 10.2. The van der Waals surface area contributed by atoms with Crippen molar-refractivity contribution < 1.29 is 13.6 Å². The van der Waals surface area contributed by atoms with Gasteiger partial charge in [-0.2, -0.15) is 0 Å². The van der Waals surface area contributed by atoms with E-state index in [1.165, 1.54) is 18.3 Å². The molecule has 0 N–H and O–H groups in total. The summed E-state index contributed by atoms with van der Waals surface area (Å²) in [5.41, 5.74) is 0.339. The fraction of sp³-hybridized carbons (Fsp3) is 0.222. The molecular formula is C9H9F2NO. The minimum absolute atomic E-state index is 0.339. The molecule has 0 saturated heterocycles. The second-order valence-electron chi connectivity index (χ2n) is 2.36. The molecule has 0 aliphatic carbocycles. The van der Waals surface area contributed by atoms with Crippen LogP contribution in [0.4, 0.5) is 8.78 Å². The van der Waals surface area contributed by atoms with Crippen LogP contribution in [-0.4, -0.2) is 12.8 Å². The van der Waals surface area contributed by atoms with Gasteiger partial charge < -0.3 is 4.84 Å². The van der Waals surface area contributed by atoms with Crippen LogP contribution < -0.4 is 0 Å². The molecule has 0 aliphatic rings. The van der Waals surface area contributed by atoms with Crippen LogP contribution in [0.3, 0.4) is 0 Å². The maximum atomic E-state index is 12.6. The second-order valence-corrected chi connectivity index (χ2v) is 2.36. The first-order chi connectivity index (χ1) is 6.22. The van der Waals surface area contributed by atoms with Gasteiger partial charge in [0.2, 0.25) is 0 Å². The van der Waals surface area contributed by atoms with Crippen LogP contribution in [0.25, 0.3) is 0 Å². The van der Waals surface area contributed by atoms with Crippen LogP contribution in [-0.2, 0) is 4.84 Å². The average Bonchev–Trinajstić information content (AvgIpc) is 2.03. The summed E-state index contributed by atoms with van der Waals surface area (Å²) in [6, 6.07) is 3.15. The smallest absolute Gasteiger partial charge is 0.126 e. The normalized spacial score (nSPS) is 10.7. The molecule has 0 aromatic heterocycles. The Morgan fingerprint density at radius 3 is 2.46 bits per heavy atom. The maximum absolute atomic E-state index is 12.6. The Hall–Kier alpha value is -1.45. The molecule has 2 nitrogen and oxygen atoms in total. The van der Waals surface area contributed by atoms with Gasteiger partial charge in [-0.1, -0.05) is 5.16 Å². The molecule has 1 rings (SSSR count). The summed E-state index contributed by atoms with van der Waals surface area (Å²) < 4.78 is 25.2. The number of benzene rings is 1. The van der Waals surface area contributed by atoms with Crippen LogP contribution in [0.2, 0.25) is 0 Å². The second kappa shape index (κ2) is 4.54. The van der Waals surface area contributed by atoms with Gasteiger partial charge in [0, 0.05) is 11.6 Å². The highest BCUT2D eigenvalue weighted by atomic mass is 19.1. The van der Waals surface area contributed by atoms with E-state index in [2.05, 4.69) is 9.99 Å². The molecule has 13 heavy (non-hydrogen) atoms. The first kappa shape index (κ1) is 9.64. The van der Waals surface area contributed by atoms with E-state index in [0.29, 0.717) is 12.2 Å². The van der Waals surface area contributed by atoms with E-state index < -0.39 is 11.6 Å². The Balaban J connectivity index is 2.77. The van der Waals surface area contributed by atoms with Gasteiger partial charge in [0.15, 0.2) is 0 Å². The van der Waals surface area contributed by atoms with Gasteiger partial charge in [-0.15, -0.1) is 0 Å². The Labute approximate surface area is 74.8 Å². The van der Waals surface area contributed by atoms with Gasteiger partial charge in [-0.3, -0.25) is 0 Å². The zero-order valence-corrected chi connectivity index (χ0v) is 7.13. The van der Waals surface area contributed by atoms with Crippen molar-refractivity contribution in [2.75, 3.05) is 6.61 Å². The lowest BCUT2D eigenvalue weighted by Crippen LogP contribution is -1.88. The lowest BCUT2D eigenvalue weighted by molar-refractivity contribution is 0.160. The Morgan fingerprint density at radius 1 is 1.31 bits per heavy atom. The van der Waals surface area contributed by atoms with E-state index in [-0.39, 0.29) is 0 Å². The van der Waals surface area contributed by atoms with E-state index in [4.69, 9.17) is 0 Å². The molecule has 0 spiro atoms. The number of hydrogen-bond acceptors (Lipinski definition) is 2. The molecule has 0 aliphatic heterocycles. The zero-order chi connectivity index (χ0) is 9.68. The van der Waals surface area contributed by atoms with Crippen LogP contribution in [0, 0.1) is 11.6 Å². The minimum Gasteiger partial charge on any atom is -0.396 e. The summed E-state index contributed by atoms with van der Waals surface area (Å²) in [6.45, 7) is 2.19. The summed E-state index contributed by atoms with van der Waals surface area (Å²) in [7, 11) is 0. The predicted octanol–water partition coefficient (Wildman–Crippen LogP) is 2.34. The van der Waals surface area contributed by atoms with E-state index in [1.54, 1.807) is 6.92 Å². The first-order valence-electron chi connectivity index (χ1n) is 3.84. The standard InChI is InChI=1S/C9H9F2NO/c1-2-13-12-6-7-3-8(10)5-9(11)4-7/h3-6H,2H2,1H3/b12-6+. The molecule has 0 bridgehead atoms. The molecule has 0 saturated carbocycles. The van der Waals surface area contributed by atoms with Crippen molar-refractivity contribution in [2.45, 2.75) is 6.92 Å². The van der Waals surface area contributed by atoms with E-state index in [0.717, 1.165) is 6.07 Å². The zero-order valence-electron chi connectivity index (χ0n) is 7.13. The molecular weight excluding hydrogens is 176 g/mol. The van der Waals surface area contributed by atoms with Crippen molar-refractivity contribution in [3.8, 4) is 0 Å². The van der Waals surface area contributed by atoms with Crippen LogP contribution in [0.5, 0.6) is 0 Å². The van der Waals surface area contributed by atoms with Gasteiger partial charge in [-0.05, 0) is 19.1 Å². The van der Waals surface area contributed by atoms with Gasteiger partial charge in [0.05, 0.1) is 6.21 Å². The van der Waals surface area contributed by atoms with Crippen LogP contribution >= 0.6 is 0 Å². The third kappa shape index (κ3) is 3.19. The Morgan fingerprint density at radius 2 is 1.92 bits per heavy atom. The third-order valence-corrected chi connectivity index (χ3v) is 1.29. The molecule has 4 heteroatoms. The van der Waals surface area contributed by atoms with Gasteiger partial charge in [-0.25, -0.2) is 8.78 Å². The predicted molar refractivity (Wildman–Crippen MR) is 45.6 cm³/mol. The van der Waals surface area contributed by atoms with E-state index >= 15 is 0 Å². The average molecular weight is 185 g/mol. The number of rotatable bonds is 3. The van der Waals surface area contributed by atoms with Gasteiger partial charge in [0.1, 0.15) is 18.2 Å². The molecule has 0 unspecified atom stereocenters. The van der Waals surface area contributed by atoms with Gasteiger partial charge >= 0.3 is 0 Å². The summed E-state index contributed by atoms with van der Waals surface area (Å²) in [5.74, 6) is -1.25. The SMILES string of the molecule is CCO/N=C/c1cc(F)cc(F)c1. The van der Waals surface area contributed by atoms with Crippen LogP contribution in [0.15, 0.2) is 23.4 Å². The third-order valence-electron chi connectivity index (χ3n) is 1.29. The molecule has 1 aromatic rings. The van der Waals surface area contributed by atoms with Crippen molar-refractivity contribution in [2.24, 2.45) is 5.16 Å². The summed E-state index contributed by atoms with van der Waals surface area (Å²) in [6.07, 6.45) is 1.26. The van der Waals surface area contributed by atoms with Crippen molar-refractivity contribution in [3.05, 3.63) is 35.4 Å². The quantitative estimate of drug-likeness (QED) is 0.523. The van der Waals surface area contributed by atoms with Crippen molar-refractivity contribution in [3.63, 3.8) is 0 Å². The number of halogens is 2. The summed E-state index contributed by atoms with van der Waals surface area (Å²) in [4.78, 5) is 4.64. The molecule has 0 fully saturated rings. The molecule has 70 valence electrons. The van der Waals surface area contributed by atoms with Crippen molar-refractivity contribution in [1.29, 1.82) is 0 Å². The van der Waals surface area contributed by atoms with E-state index in [1.807, 2.05) is 0 Å². The van der Waals surface area contributed by atoms with E-state index in [9.17, 15) is 8.78 Å². The molecule has 0 heterocycles. The number of hydrogen-bond donors (Lipinski definition) is 0. The molecule has 0 radical (unpaired) electrons. The Kier molecular flexibility index (Phi) is 3.37. The van der Waals surface area contributed by atoms with Crippen molar-refractivity contribution >= 4 is 6.21 Å². The largest absolute Gasteiger partial charge is 0.396 e. The van der Waals surface area contributed by atoms with Crippen LogP contribution in [0.1, 0.15) is 12.5 Å². The topological polar surface area (TPSA) is 21.6 Å². The number of oxime groups is 1. The fourth-order valence-corrected chi connectivity index (χ4v) is 0.822. The summed E-state index contributed by atoms with van der Waals surface area (Å²) >= 11 is 0. The Bertz CT molecular complexity index is 292.